The van der Waals surface area contributed by atoms with Crippen molar-refractivity contribution in [2.24, 2.45) is 0 Å². The van der Waals surface area contributed by atoms with E-state index in [9.17, 15) is 0 Å². The van der Waals surface area contributed by atoms with Crippen LogP contribution in [-0.4, -0.2) is 0 Å². The van der Waals surface area contributed by atoms with E-state index in [4.69, 9.17) is 0 Å². The Hall–Kier alpha value is -1.08. The molecule has 0 aliphatic carbocycles. The fourth-order valence-corrected chi connectivity index (χ4v) is 2.45. The molecular weight excluding hydrogens is 340 g/mol. The summed E-state index contributed by atoms with van der Waals surface area (Å²) in [6.45, 7) is 2.10. The molecule has 0 atom stereocenters. The van der Waals surface area contributed by atoms with E-state index in [1.165, 1.54) is 21.2 Å². The van der Waals surface area contributed by atoms with Crippen LogP contribution >= 0.6 is 15.9 Å². The predicted molar refractivity (Wildman–Crippen MR) is 81.9 cm³/mol. The van der Waals surface area contributed by atoms with E-state index in [0.717, 1.165) is 0 Å². The van der Waals surface area contributed by atoms with Gasteiger partial charge in [-0.25, -0.2) is 0 Å². The van der Waals surface area contributed by atoms with E-state index < -0.39 is 0 Å². The smallest absolute Gasteiger partial charge is 0 e. The van der Waals surface area contributed by atoms with Gasteiger partial charge in [0.15, 0.2) is 0 Å². The van der Waals surface area contributed by atoms with Crippen molar-refractivity contribution in [1.29, 1.82) is 0 Å². The molecule has 0 saturated carbocycles. The first-order valence-electron chi connectivity index (χ1n) is 5.92. The first-order valence-corrected chi connectivity index (χ1v) is 6.71. The summed E-state index contributed by atoms with van der Waals surface area (Å²) in [5.41, 5.74) is 3.81. The number of aryl methyl sites for hydroxylation is 1. The summed E-state index contributed by atoms with van der Waals surface area (Å²) in [6.07, 6.45) is 0. The van der Waals surface area contributed by atoms with E-state index in [0.29, 0.717) is 0 Å². The van der Waals surface area contributed by atoms with Crippen LogP contribution in [-0.2, 0) is 17.1 Å². The molecule has 0 N–H and O–H groups in total. The average molecular weight is 355 g/mol. The van der Waals surface area contributed by atoms with Gasteiger partial charge >= 0.3 is 0 Å². The summed E-state index contributed by atoms with van der Waals surface area (Å²) in [7, 11) is 0. The van der Waals surface area contributed by atoms with Crippen molar-refractivity contribution in [2.75, 3.05) is 0 Å². The zero-order chi connectivity index (χ0) is 12.8. The Balaban J connectivity index is 0.000000256. The van der Waals surface area contributed by atoms with Crippen molar-refractivity contribution in [3.8, 4) is 11.1 Å². The van der Waals surface area contributed by atoms with Gasteiger partial charge in [0.05, 0.1) is 0 Å². The largest absolute Gasteiger partial charge is 0.748 e. The maximum atomic E-state index is 3.57. The molecule has 0 nitrogen and oxygen atoms in total. The van der Waals surface area contributed by atoms with E-state index in [2.05, 4.69) is 65.3 Å². The van der Waals surface area contributed by atoms with Crippen LogP contribution in [0.5, 0.6) is 0 Å². The summed E-state index contributed by atoms with van der Waals surface area (Å²) in [4.78, 5) is 0. The molecule has 0 bridgehead atoms. The molecule has 0 spiro atoms. The Labute approximate surface area is 133 Å². The van der Waals surface area contributed by atoms with Gasteiger partial charge < -0.3 is 30.3 Å². The summed E-state index contributed by atoms with van der Waals surface area (Å²) in [5.74, 6) is 0. The van der Waals surface area contributed by atoms with Crippen molar-refractivity contribution >= 4 is 15.9 Å². The van der Waals surface area contributed by atoms with Gasteiger partial charge in [0.1, 0.15) is 0 Å². The molecule has 3 rings (SSSR count). The van der Waals surface area contributed by atoms with Gasteiger partial charge in [0, 0.05) is 17.1 Å². The van der Waals surface area contributed by atoms with E-state index in [1.807, 2.05) is 30.3 Å². The monoisotopic (exact) mass is 354 g/mol. The predicted octanol–water partition coefficient (Wildman–Crippen LogP) is 5.55. The fraction of sp³-hybridized carbons (Fsp3) is 0.0588. The Morgan fingerprint density at radius 2 is 1.47 bits per heavy atom. The molecule has 0 amide bonds. The average Bonchev–Trinajstić information content (AvgIpc) is 3.05. The molecule has 0 saturated heterocycles. The van der Waals surface area contributed by atoms with Gasteiger partial charge in [0.25, 0.3) is 0 Å². The molecule has 2 heteroatoms. The summed E-state index contributed by atoms with van der Waals surface area (Å²) >= 11 is 3.57. The van der Waals surface area contributed by atoms with Crippen LogP contribution in [0, 0.1) is 6.92 Å². The Bertz CT molecular complexity index is 548. The zero-order valence-electron chi connectivity index (χ0n) is 10.7. The normalized spacial score (nSPS) is 9.16. The topological polar surface area (TPSA) is 0 Å². The van der Waals surface area contributed by atoms with Gasteiger partial charge in [-0.05, 0) is 11.4 Å². The van der Waals surface area contributed by atoms with Crippen LogP contribution in [0.1, 0.15) is 5.56 Å². The zero-order valence-corrected chi connectivity index (χ0v) is 13.3. The van der Waals surface area contributed by atoms with Gasteiger partial charge in [-0.3, -0.25) is 0 Å². The molecule has 104 valence electrons. The molecule has 0 heterocycles. The number of rotatable bonds is 1. The molecule has 0 fully saturated rings. The van der Waals surface area contributed by atoms with Crippen LogP contribution in [0.4, 0.5) is 0 Å². The fourth-order valence-electron chi connectivity index (χ4n) is 1.73. The Morgan fingerprint density at radius 3 is 1.95 bits per heavy atom. The third kappa shape index (κ3) is 4.83. The van der Waals surface area contributed by atoms with Crippen molar-refractivity contribution in [1.82, 2.24) is 0 Å². The molecule has 3 aromatic rings. The standard InChI is InChI=1S/C12H10Br.C5H5.Fe/c1-9-6-7-11(12(13)8-9)10-4-2-3-5-10;1-2-4-5-3-1;/h2-8H,1H3;1-5H;/q-1;-5;. The third-order valence-electron chi connectivity index (χ3n) is 2.65. The Kier molecular flexibility index (Phi) is 6.86. The van der Waals surface area contributed by atoms with Gasteiger partial charge in [0.2, 0.25) is 0 Å². The van der Waals surface area contributed by atoms with Crippen molar-refractivity contribution in [3.05, 3.63) is 82.8 Å². The van der Waals surface area contributed by atoms with Crippen LogP contribution in [0.3, 0.4) is 0 Å². The maximum absolute atomic E-state index is 3.57. The molecule has 0 aromatic heterocycles. The number of benzene rings is 1. The minimum absolute atomic E-state index is 0. The number of hydrogen-bond donors (Lipinski definition) is 0. The van der Waals surface area contributed by atoms with Gasteiger partial charge in [-0.15, -0.1) is 39.7 Å². The summed E-state index contributed by atoms with van der Waals surface area (Å²) < 4.78 is 1.17. The second kappa shape index (κ2) is 8.16. The second-order valence-corrected chi connectivity index (χ2v) is 4.97. The van der Waals surface area contributed by atoms with Crippen LogP contribution in [0.15, 0.2) is 77.3 Å². The Morgan fingerprint density at radius 1 is 0.947 bits per heavy atom. The second-order valence-electron chi connectivity index (χ2n) is 4.12. The molecule has 0 aliphatic rings. The SMILES string of the molecule is Cc1ccc(-[c-]2cccc2)c(Br)c1.[Fe].[cH-]1[cH-][cH-][cH-][cH-]1. The molecule has 0 aliphatic heterocycles. The van der Waals surface area contributed by atoms with Crippen LogP contribution < -0.4 is 0 Å². The number of hydrogen-bond acceptors (Lipinski definition) is 0. The number of halogens is 1. The summed E-state index contributed by atoms with van der Waals surface area (Å²) in [5, 5.41) is 0. The molecule has 0 unspecified atom stereocenters. The maximum Gasteiger partial charge on any atom is 0 e. The minimum atomic E-state index is 0. The quantitative estimate of drug-likeness (QED) is 0.397. The molecular formula is C17H15BrFe-6. The van der Waals surface area contributed by atoms with Crippen molar-refractivity contribution in [2.45, 2.75) is 6.92 Å². The first-order chi connectivity index (χ1) is 8.77. The first kappa shape index (κ1) is 16.0. The van der Waals surface area contributed by atoms with Gasteiger partial charge in [-0.2, -0.15) is 12.1 Å². The summed E-state index contributed by atoms with van der Waals surface area (Å²) in [6, 6.07) is 24.8. The van der Waals surface area contributed by atoms with Crippen molar-refractivity contribution in [3.63, 3.8) is 0 Å². The van der Waals surface area contributed by atoms with Crippen molar-refractivity contribution < 1.29 is 17.1 Å². The molecule has 19 heavy (non-hydrogen) atoms. The molecule has 3 aromatic carbocycles. The van der Waals surface area contributed by atoms with E-state index >= 15 is 0 Å². The van der Waals surface area contributed by atoms with Crippen LogP contribution in [0.25, 0.3) is 11.1 Å². The third-order valence-corrected chi connectivity index (χ3v) is 3.31. The molecule has 0 radical (unpaired) electrons. The van der Waals surface area contributed by atoms with E-state index in [-0.39, 0.29) is 17.1 Å². The van der Waals surface area contributed by atoms with E-state index in [1.54, 1.807) is 0 Å². The minimum Gasteiger partial charge on any atom is -0.748 e. The van der Waals surface area contributed by atoms with Crippen LogP contribution in [0.2, 0.25) is 0 Å². The van der Waals surface area contributed by atoms with Gasteiger partial charge in [-0.1, -0.05) is 23.3 Å².